The zero-order valence-electron chi connectivity index (χ0n) is 11.8. The Balaban J connectivity index is 2.01. The van der Waals surface area contributed by atoms with Gasteiger partial charge in [-0.1, -0.05) is 37.7 Å². The minimum atomic E-state index is -4.71. The quantitative estimate of drug-likeness (QED) is 0.886. The summed E-state index contributed by atoms with van der Waals surface area (Å²) >= 11 is 1.56. The molecule has 0 saturated carbocycles. The molecule has 2 rings (SSSR count). The second-order valence-corrected chi connectivity index (χ2v) is 6.47. The topological polar surface area (TPSA) is 33.6 Å². The number of nitrogens with zero attached hydrogens (tertiary/aromatic N) is 1. The zero-order valence-corrected chi connectivity index (χ0v) is 12.6. The Hall–Kier alpha value is -1.37. The lowest BCUT2D eigenvalue weighted by Gasteiger charge is -2.15. The van der Waals surface area contributed by atoms with Crippen LogP contribution in [0.15, 0.2) is 29.3 Å². The van der Waals surface area contributed by atoms with E-state index in [1.165, 1.54) is 12.1 Å². The van der Waals surface area contributed by atoms with Crippen molar-refractivity contribution in [2.24, 2.45) is 10.9 Å². The molecule has 1 heterocycles. The van der Waals surface area contributed by atoms with E-state index < -0.39 is 6.36 Å². The summed E-state index contributed by atoms with van der Waals surface area (Å²) < 4.78 is 41.1. The summed E-state index contributed by atoms with van der Waals surface area (Å²) in [6, 6.07) is 5.97. The molecule has 1 aliphatic rings. The number of anilines is 1. The molecule has 0 amide bonds. The molecule has 0 saturated heterocycles. The predicted molar refractivity (Wildman–Crippen MR) is 79.9 cm³/mol. The Morgan fingerprint density at radius 3 is 2.76 bits per heavy atom. The third kappa shape index (κ3) is 5.15. The molecule has 1 aromatic rings. The van der Waals surface area contributed by atoms with Gasteiger partial charge in [0.2, 0.25) is 0 Å². The molecule has 21 heavy (non-hydrogen) atoms. The van der Waals surface area contributed by atoms with Gasteiger partial charge in [0.25, 0.3) is 0 Å². The van der Waals surface area contributed by atoms with Crippen LogP contribution >= 0.6 is 11.8 Å². The first-order valence-corrected chi connectivity index (χ1v) is 7.54. The van der Waals surface area contributed by atoms with E-state index in [1.54, 1.807) is 23.9 Å². The number of halogens is 3. The number of amidine groups is 1. The normalized spacial score (nSPS) is 18.8. The van der Waals surface area contributed by atoms with Crippen molar-refractivity contribution in [2.45, 2.75) is 31.9 Å². The van der Waals surface area contributed by atoms with Crippen LogP contribution in [0.4, 0.5) is 18.9 Å². The smallest absolute Gasteiger partial charge is 0.404 e. The highest BCUT2D eigenvalue weighted by Crippen LogP contribution is 2.33. The molecule has 1 atom stereocenters. The highest BCUT2D eigenvalue weighted by atomic mass is 32.2. The van der Waals surface area contributed by atoms with Crippen LogP contribution in [0.25, 0.3) is 0 Å². The van der Waals surface area contributed by atoms with Crippen LogP contribution in [-0.4, -0.2) is 23.3 Å². The number of hydrogen-bond donors (Lipinski definition) is 1. The third-order valence-electron chi connectivity index (χ3n) is 2.81. The molecule has 1 aromatic carbocycles. The number of aliphatic imine (C=N–C) groups is 1. The van der Waals surface area contributed by atoms with Gasteiger partial charge in [0.05, 0.1) is 12.2 Å². The minimum absolute atomic E-state index is 0.249. The number of benzene rings is 1. The number of nitrogens with one attached hydrogen (secondary N) is 1. The molecule has 0 aromatic heterocycles. The van der Waals surface area contributed by atoms with E-state index in [2.05, 4.69) is 28.9 Å². The molecule has 0 aliphatic carbocycles. The van der Waals surface area contributed by atoms with Crippen LogP contribution in [0.1, 0.15) is 20.3 Å². The van der Waals surface area contributed by atoms with Crippen molar-refractivity contribution in [1.82, 2.24) is 0 Å². The number of para-hydroxylation sites is 2. The maximum absolute atomic E-state index is 12.4. The lowest BCUT2D eigenvalue weighted by atomic mass is 10.1. The molecule has 1 N–H and O–H groups in total. The molecule has 3 nitrogen and oxygen atoms in total. The van der Waals surface area contributed by atoms with Gasteiger partial charge in [-0.2, -0.15) is 0 Å². The van der Waals surface area contributed by atoms with Crippen LogP contribution in [0.5, 0.6) is 5.75 Å². The molecule has 116 valence electrons. The van der Waals surface area contributed by atoms with Crippen LogP contribution in [0, 0.1) is 5.92 Å². The summed E-state index contributed by atoms with van der Waals surface area (Å²) in [5, 5.41) is 3.94. The van der Waals surface area contributed by atoms with Gasteiger partial charge in [-0.15, -0.1) is 13.2 Å². The predicted octanol–water partition coefficient (Wildman–Crippen LogP) is 4.51. The number of rotatable bonds is 4. The first-order chi connectivity index (χ1) is 9.83. The summed E-state index contributed by atoms with van der Waals surface area (Å²) in [5.74, 6) is 0.318. The summed E-state index contributed by atoms with van der Waals surface area (Å²) in [6.45, 7) is 4.96. The van der Waals surface area contributed by atoms with Gasteiger partial charge < -0.3 is 10.1 Å². The molecule has 0 radical (unpaired) electrons. The molecule has 0 spiro atoms. The summed E-state index contributed by atoms with van der Waals surface area (Å²) in [6.07, 6.45) is -3.68. The highest BCUT2D eigenvalue weighted by Gasteiger charge is 2.32. The standard InChI is InChI=1S/C14H17F3N2OS/c1-9(2)7-10-8-18-13(21-10)19-11-5-3-4-6-12(11)20-14(15,16)17/h3-6,9-10H,7-8H2,1-2H3,(H,18,19). The Labute approximate surface area is 126 Å². The van der Waals surface area contributed by atoms with Gasteiger partial charge >= 0.3 is 6.36 Å². The fraction of sp³-hybridized carbons (Fsp3) is 0.500. The van der Waals surface area contributed by atoms with Crippen molar-refractivity contribution in [1.29, 1.82) is 0 Å². The first-order valence-electron chi connectivity index (χ1n) is 6.66. The number of ether oxygens (including phenoxy) is 1. The Morgan fingerprint density at radius 1 is 1.38 bits per heavy atom. The van der Waals surface area contributed by atoms with Crippen LogP contribution < -0.4 is 10.1 Å². The van der Waals surface area contributed by atoms with E-state index in [9.17, 15) is 13.2 Å². The fourth-order valence-corrected chi connectivity index (χ4v) is 3.30. The van der Waals surface area contributed by atoms with Gasteiger partial charge in [0.1, 0.15) is 0 Å². The van der Waals surface area contributed by atoms with Gasteiger partial charge in [-0.25, -0.2) is 0 Å². The summed E-state index contributed by atoms with van der Waals surface area (Å²) in [4.78, 5) is 4.33. The van der Waals surface area contributed by atoms with Crippen LogP contribution in [0.3, 0.4) is 0 Å². The van der Waals surface area contributed by atoms with Crippen molar-refractivity contribution in [3.05, 3.63) is 24.3 Å². The van der Waals surface area contributed by atoms with Crippen molar-refractivity contribution in [3.63, 3.8) is 0 Å². The van der Waals surface area contributed by atoms with Gasteiger partial charge in [-0.05, 0) is 24.5 Å². The average molecular weight is 318 g/mol. The van der Waals surface area contributed by atoms with E-state index in [0.29, 0.717) is 22.9 Å². The van der Waals surface area contributed by atoms with E-state index in [1.807, 2.05) is 0 Å². The minimum Gasteiger partial charge on any atom is -0.404 e. The molecule has 0 fully saturated rings. The summed E-state index contributed by atoms with van der Waals surface area (Å²) in [5.41, 5.74) is 0.270. The SMILES string of the molecule is CC(C)CC1CN=C(Nc2ccccc2OC(F)(F)F)S1. The second kappa shape index (κ2) is 6.60. The summed E-state index contributed by atoms with van der Waals surface area (Å²) in [7, 11) is 0. The van der Waals surface area contributed by atoms with Gasteiger partial charge in [-0.3, -0.25) is 4.99 Å². The fourth-order valence-electron chi connectivity index (χ4n) is 2.03. The van der Waals surface area contributed by atoms with Crippen LogP contribution in [-0.2, 0) is 0 Å². The maximum Gasteiger partial charge on any atom is 0.573 e. The molecule has 1 unspecified atom stereocenters. The third-order valence-corrected chi connectivity index (χ3v) is 3.93. The van der Waals surface area contributed by atoms with Crippen molar-refractivity contribution >= 4 is 22.6 Å². The van der Waals surface area contributed by atoms with Crippen molar-refractivity contribution < 1.29 is 17.9 Å². The lowest BCUT2D eigenvalue weighted by Crippen LogP contribution is -2.18. The van der Waals surface area contributed by atoms with Gasteiger partial charge in [0.15, 0.2) is 10.9 Å². The highest BCUT2D eigenvalue weighted by molar-refractivity contribution is 8.15. The van der Waals surface area contributed by atoms with Crippen LogP contribution in [0.2, 0.25) is 0 Å². The molecule has 0 bridgehead atoms. The second-order valence-electron chi connectivity index (χ2n) is 5.18. The largest absolute Gasteiger partial charge is 0.573 e. The molecular formula is C14H17F3N2OS. The monoisotopic (exact) mass is 318 g/mol. The van der Waals surface area contributed by atoms with Crippen molar-refractivity contribution in [2.75, 3.05) is 11.9 Å². The van der Waals surface area contributed by atoms with E-state index >= 15 is 0 Å². The zero-order chi connectivity index (χ0) is 15.5. The number of thioether (sulfide) groups is 1. The number of hydrogen-bond acceptors (Lipinski definition) is 4. The number of alkyl halides is 3. The Morgan fingerprint density at radius 2 is 2.10 bits per heavy atom. The Bertz CT molecular complexity index is 517. The molecule has 1 aliphatic heterocycles. The van der Waals surface area contributed by atoms with E-state index in [0.717, 1.165) is 6.42 Å². The van der Waals surface area contributed by atoms with Gasteiger partial charge in [0, 0.05) is 5.25 Å². The van der Waals surface area contributed by atoms with E-state index in [4.69, 9.17) is 0 Å². The van der Waals surface area contributed by atoms with Crippen molar-refractivity contribution in [3.8, 4) is 5.75 Å². The average Bonchev–Trinajstić information content (AvgIpc) is 2.76. The first kappa shape index (κ1) is 16.0. The van der Waals surface area contributed by atoms with E-state index in [-0.39, 0.29) is 11.4 Å². The lowest BCUT2D eigenvalue weighted by molar-refractivity contribution is -0.274. The Kier molecular flexibility index (Phi) is 5.03. The molecular weight excluding hydrogens is 301 g/mol. The molecule has 7 heteroatoms. The maximum atomic E-state index is 12.4.